The largest absolute Gasteiger partial charge is 0.508 e. The van der Waals surface area contributed by atoms with E-state index in [0.717, 1.165) is 5.56 Å². The zero-order valence-electron chi connectivity index (χ0n) is 26.9. The maximum Gasteiger partial charge on any atom is 0.272 e. The van der Waals surface area contributed by atoms with E-state index in [-0.39, 0.29) is 17.4 Å². The molecule has 1 unspecified atom stereocenters. The predicted octanol–water partition coefficient (Wildman–Crippen LogP) is 7.05. The molecule has 1 aliphatic rings. The number of hydrogen-bond donors (Lipinski definition) is 4. The van der Waals surface area contributed by atoms with E-state index >= 15 is 0 Å². The number of rotatable bonds is 11. The van der Waals surface area contributed by atoms with Gasteiger partial charge in [-0.25, -0.2) is 0 Å². The molecule has 0 spiro atoms. The summed E-state index contributed by atoms with van der Waals surface area (Å²) in [7, 11) is 1.44. The van der Waals surface area contributed by atoms with Crippen LogP contribution in [-0.4, -0.2) is 43.2 Å². The zero-order valence-corrected chi connectivity index (χ0v) is 27.7. The van der Waals surface area contributed by atoms with E-state index in [2.05, 4.69) is 16.0 Å². The van der Waals surface area contributed by atoms with Gasteiger partial charge >= 0.3 is 0 Å². The van der Waals surface area contributed by atoms with Crippen LogP contribution in [0.5, 0.6) is 23.0 Å². The Bertz CT molecular complexity index is 2040. The van der Waals surface area contributed by atoms with Crippen molar-refractivity contribution >= 4 is 46.9 Å². The summed E-state index contributed by atoms with van der Waals surface area (Å²) >= 11 is 1.32. The molecule has 4 N–H and O–H groups in total. The number of carbonyl (C=O) groups excluding carboxylic acids is 3. The van der Waals surface area contributed by atoms with Crippen molar-refractivity contribution in [2.45, 2.75) is 10.1 Å². The van der Waals surface area contributed by atoms with Gasteiger partial charge in [0.05, 0.1) is 7.11 Å². The number of hydrogen-bond acceptors (Lipinski definition) is 8. The normalized spacial score (nSPS) is 12.7. The molecular formula is C39H33N3O7S. The second kappa shape index (κ2) is 15.8. The first-order chi connectivity index (χ1) is 24.4. The molecule has 0 saturated carbocycles. The van der Waals surface area contributed by atoms with E-state index in [9.17, 15) is 19.5 Å². The molecule has 0 aromatic heterocycles. The lowest BCUT2D eigenvalue weighted by atomic mass is 10.1. The SMILES string of the molecule is COc1cc(O)ccc1/C=C(/NC(=O)c1ccccc1)C(=O)Nc1cccc(SC(C(=O)Nc2ccc3c(c2)OCCO3)c2ccccc2)c1. The van der Waals surface area contributed by atoms with Gasteiger partial charge in [0.2, 0.25) is 5.91 Å². The molecule has 3 amide bonds. The van der Waals surface area contributed by atoms with Crippen LogP contribution in [0.2, 0.25) is 0 Å². The number of ether oxygens (including phenoxy) is 3. The number of fused-ring (bicyclic) bond motifs is 1. The molecule has 1 atom stereocenters. The van der Waals surface area contributed by atoms with Gasteiger partial charge in [-0.3, -0.25) is 14.4 Å². The maximum atomic E-state index is 13.8. The van der Waals surface area contributed by atoms with Crippen LogP contribution in [0, 0.1) is 0 Å². The molecule has 252 valence electrons. The molecule has 0 fully saturated rings. The summed E-state index contributed by atoms with van der Waals surface area (Å²) < 4.78 is 16.7. The summed E-state index contributed by atoms with van der Waals surface area (Å²) in [5, 5.41) is 17.9. The molecule has 5 aromatic rings. The van der Waals surface area contributed by atoms with Crippen LogP contribution < -0.4 is 30.2 Å². The molecule has 0 saturated heterocycles. The lowest BCUT2D eigenvalue weighted by Gasteiger charge is -2.20. The van der Waals surface area contributed by atoms with Crippen molar-refractivity contribution in [1.82, 2.24) is 5.32 Å². The number of carbonyl (C=O) groups is 3. The van der Waals surface area contributed by atoms with Gasteiger partial charge < -0.3 is 35.3 Å². The topological polar surface area (TPSA) is 135 Å². The second-order valence-corrected chi connectivity index (χ2v) is 12.2. The van der Waals surface area contributed by atoms with Gasteiger partial charge in [0.25, 0.3) is 11.8 Å². The monoisotopic (exact) mass is 687 g/mol. The van der Waals surface area contributed by atoms with Crippen LogP contribution in [0.1, 0.15) is 26.7 Å². The third-order valence-electron chi connectivity index (χ3n) is 7.54. The molecule has 0 bridgehead atoms. The highest BCUT2D eigenvalue weighted by atomic mass is 32.2. The summed E-state index contributed by atoms with van der Waals surface area (Å²) in [5.41, 5.74) is 2.58. The Labute approximate surface area is 293 Å². The van der Waals surface area contributed by atoms with Crippen LogP contribution in [-0.2, 0) is 9.59 Å². The van der Waals surface area contributed by atoms with Crippen LogP contribution >= 0.6 is 11.8 Å². The third-order valence-corrected chi connectivity index (χ3v) is 8.79. The number of methoxy groups -OCH3 is 1. The average Bonchev–Trinajstić information content (AvgIpc) is 3.14. The predicted molar refractivity (Wildman–Crippen MR) is 193 cm³/mol. The van der Waals surface area contributed by atoms with Crippen molar-refractivity contribution in [3.63, 3.8) is 0 Å². The summed E-state index contributed by atoms with van der Waals surface area (Å²) in [4.78, 5) is 41.3. The fourth-order valence-electron chi connectivity index (χ4n) is 5.13. The Balaban J connectivity index is 1.24. The van der Waals surface area contributed by atoms with Crippen molar-refractivity contribution in [3.05, 3.63) is 144 Å². The fraction of sp³-hybridized carbons (Fsp3) is 0.103. The van der Waals surface area contributed by atoms with Gasteiger partial charge in [-0.05, 0) is 66.2 Å². The van der Waals surface area contributed by atoms with E-state index < -0.39 is 17.1 Å². The number of amides is 3. The Morgan fingerprint density at radius 2 is 1.50 bits per heavy atom. The minimum atomic E-state index is -0.641. The Morgan fingerprint density at radius 3 is 2.26 bits per heavy atom. The summed E-state index contributed by atoms with van der Waals surface area (Å²) in [6.45, 7) is 0.902. The first kappa shape index (κ1) is 33.7. The average molecular weight is 688 g/mol. The number of nitrogens with one attached hydrogen (secondary N) is 3. The first-order valence-corrected chi connectivity index (χ1v) is 16.5. The number of aromatic hydroxyl groups is 1. The lowest BCUT2D eigenvalue weighted by Crippen LogP contribution is -2.30. The second-order valence-electron chi connectivity index (χ2n) is 11.0. The molecule has 1 heterocycles. The molecular weight excluding hydrogens is 655 g/mol. The molecule has 5 aromatic carbocycles. The summed E-state index contributed by atoms with van der Waals surface area (Å²) in [5.74, 6) is 0.168. The van der Waals surface area contributed by atoms with Gasteiger partial charge in [0.1, 0.15) is 35.7 Å². The van der Waals surface area contributed by atoms with Gasteiger partial charge in [0, 0.05) is 39.5 Å². The van der Waals surface area contributed by atoms with Crippen molar-refractivity contribution in [2.24, 2.45) is 0 Å². The highest BCUT2D eigenvalue weighted by Crippen LogP contribution is 2.38. The van der Waals surface area contributed by atoms with E-state index in [1.165, 1.54) is 37.1 Å². The molecule has 11 heteroatoms. The number of anilines is 2. The van der Waals surface area contributed by atoms with Gasteiger partial charge in [-0.15, -0.1) is 11.8 Å². The van der Waals surface area contributed by atoms with Crippen molar-refractivity contribution in [1.29, 1.82) is 0 Å². The van der Waals surface area contributed by atoms with Crippen molar-refractivity contribution in [2.75, 3.05) is 31.0 Å². The molecule has 10 nitrogen and oxygen atoms in total. The Kier molecular flexibility index (Phi) is 10.6. The Morgan fingerprint density at radius 1 is 0.780 bits per heavy atom. The molecule has 0 aliphatic carbocycles. The van der Waals surface area contributed by atoms with E-state index in [1.807, 2.05) is 36.4 Å². The molecule has 0 radical (unpaired) electrons. The van der Waals surface area contributed by atoms with Gasteiger partial charge in [0.15, 0.2) is 11.5 Å². The lowest BCUT2D eigenvalue weighted by molar-refractivity contribution is -0.116. The quantitative estimate of drug-likeness (QED) is 0.0857. The minimum absolute atomic E-state index is 0.0126. The Hall–Kier alpha value is -6.20. The van der Waals surface area contributed by atoms with E-state index in [4.69, 9.17) is 14.2 Å². The zero-order chi connectivity index (χ0) is 34.9. The van der Waals surface area contributed by atoms with Gasteiger partial charge in [-0.1, -0.05) is 54.6 Å². The highest BCUT2D eigenvalue weighted by molar-refractivity contribution is 8.00. The molecule has 6 rings (SSSR count). The number of benzene rings is 5. The van der Waals surface area contributed by atoms with Crippen LogP contribution in [0.15, 0.2) is 132 Å². The minimum Gasteiger partial charge on any atom is -0.508 e. The number of thioether (sulfide) groups is 1. The maximum absolute atomic E-state index is 13.8. The van der Waals surface area contributed by atoms with Crippen molar-refractivity contribution < 1.29 is 33.7 Å². The van der Waals surface area contributed by atoms with Crippen LogP contribution in [0.3, 0.4) is 0 Å². The van der Waals surface area contributed by atoms with Crippen LogP contribution in [0.25, 0.3) is 6.08 Å². The third kappa shape index (κ3) is 8.44. The van der Waals surface area contributed by atoms with E-state index in [1.54, 1.807) is 72.8 Å². The fourth-order valence-corrected chi connectivity index (χ4v) is 6.21. The van der Waals surface area contributed by atoms with Crippen LogP contribution in [0.4, 0.5) is 11.4 Å². The van der Waals surface area contributed by atoms with Crippen molar-refractivity contribution in [3.8, 4) is 23.0 Å². The van der Waals surface area contributed by atoms with E-state index in [0.29, 0.717) is 57.9 Å². The van der Waals surface area contributed by atoms with Gasteiger partial charge in [-0.2, -0.15) is 0 Å². The standard InChI is InChI=1S/C39H33N3O7S/c1-47-34-24-30(43)17-15-27(34)21-32(42-37(44)26-11-6-3-7-12-26)38(45)40-28-13-8-14-31(22-28)50-36(25-9-4-2-5-10-25)39(46)41-29-16-18-33-35(23-29)49-20-19-48-33/h2-18,21-24,36,43H,19-20H2,1H3,(H,40,45)(H,41,46)(H,42,44)/b32-21+. The number of phenols is 1. The highest BCUT2D eigenvalue weighted by Gasteiger charge is 2.24. The molecule has 1 aliphatic heterocycles. The summed E-state index contributed by atoms with van der Waals surface area (Å²) in [6, 6.07) is 34.7. The first-order valence-electron chi connectivity index (χ1n) is 15.6. The summed E-state index contributed by atoms with van der Waals surface area (Å²) in [6.07, 6.45) is 1.47. The molecule has 50 heavy (non-hydrogen) atoms. The smallest absolute Gasteiger partial charge is 0.272 e. The number of phenolic OH excluding ortho intramolecular Hbond substituents is 1.